The molecule has 2 N–H and O–H groups in total. The number of hydrogen-bond donors (Lipinski definition) is 1. The average molecular weight is 256 g/mol. The van der Waals surface area contributed by atoms with Crippen molar-refractivity contribution in [3.05, 3.63) is 36.4 Å². The monoisotopic (exact) mass is 256 g/mol. The van der Waals surface area contributed by atoms with Crippen molar-refractivity contribution in [2.45, 2.75) is 0 Å². The number of morpholine rings is 1. The Morgan fingerprint density at radius 2 is 1.79 bits per heavy atom. The zero-order valence-corrected chi connectivity index (χ0v) is 10.6. The van der Waals surface area contributed by atoms with Gasteiger partial charge in [0.2, 0.25) is 5.95 Å². The Balaban J connectivity index is 1.96. The highest BCUT2D eigenvalue weighted by molar-refractivity contribution is 5.64. The molecule has 0 unspecified atom stereocenters. The predicted molar refractivity (Wildman–Crippen MR) is 74.9 cm³/mol. The molecule has 1 aromatic heterocycles. The second-order valence-electron chi connectivity index (χ2n) is 4.44. The third-order valence-corrected chi connectivity index (χ3v) is 3.13. The van der Waals surface area contributed by atoms with E-state index in [0.29, 0.717) is 5.95 Å². The summed E-state index contributed by atoms with van der Waals surface area (Å²) in [4.78, 5) is 10.8. The molecule has 1 aromatic carbocycles. The van der Waals surface area contributed by atoms with Crippen molar-refractivity contribution < 1.29 is 4.74 Å². The summed E-state index contributed by atoms with van der Waals surface area (Å²) in [5.74, 6) is 1.18. The zero-order chi connectivity index (χ0) is 13.1. The molecule has 5 nitrogen and oxygen atoms in total. The summed E-state index contributed by atoms with van der Waals surface area (Å²) < 4.78 is 5.35. The highest BCUT2D eigenvalue weighted by Gasteiger charge is 2.14. The van der Waals surface area contributed by atoms with Crippen LogP contribution in [0.1, 0.15) is 0 Å². The summed E-state index contributed by atoms with van der Waals surface area (Å²) in [7, 11) is 0. The first-order valence-electron chi connectivity index (χ1n) is 6.35. The van der Waals surface area contributed by atoms with E-state index in [2.05, 4.69) is 14.9 Å². The lowest BCUT2D eigenvalue weighted by atomic mass is 10.1. The van der Waals surface area contributed by atoms with Crippen LogP contribution in [0.3, 0.4) is 0 Å². The van der Waals surface area contributed by atoms with Crippen LogP contribution in [-0.4, -0.2) is 36.3 Å². The molecule has 1 fully saturated rings. The lowest BCUT2D eigenvalue weighted by Gasteiger charge is -2.28. The molecule has 5 heteroatoms. The maximum Gasteiger partial charge on any atom is 0.222 e. The molecule has 0 amide bonds. The van der Waals surface area contributed by atoms with Crippen molar-refractivity contribution in [1.82, 2.24) is 9.97 Å². The third-order valence-electron chi connectivity index (χ3n) is 3.13. The average Bonchev–Trinajstić information content (AvgIpc) is 2.48. The second kappa shape index (κ2) is 5.24. The number of nitrogens with two attached hydrogens (primary N) is 1. The van der Waals surface area contributed by atoms with Gasteiger partial charge in [-0.3, -0.25) is 0 Å². The van der Waals surface area contributed by atoms with Crippen molar-refractivity contribution >= 4 is 11.8 Å². The van der Waals surface area contributed by atoms with E-state index >= 15 is 0 Å². The number of benzene rings is 1. The van der Waals surface area contributed by atoms with Crippen molar-refractivity contribution in [1.29, 1.82) is 0 Å². The van der Waals surface area contributed by atoms with Crippen LogP contribution >= 0.6 is 0 Å². The van der Waals surface area contributed by atoms with Crippen molar-refractivity contribution in [2.24, 2.45) is 0 Å². The third kappa shape index (κ3) is 2.66. The van der Waals surface area contributed by atoms with Gasteiger partial charge in [-0.25, -0.2) is 4.98 Å². The number of nitrogens with zero attached hydrogens (tertiary/aromatic N) is 3. The van der Waals surface area contributed by atoms with Gasteiger partial charge in [0.25, 0.3) is 0 Å². The van der Waals surface area contributed by atoms with Crippen LogP contribution in [-0.2, 0) is 4.74 Å². The molecule has 0 radical (unpaired) electrons. The van der Waals surface area contributed by atoms with Crippen LogP contribution in [0.5, 0.6) is 0 Å². The Kier molecular flexibility index (Phi) is 3.29. The summed E-state index contributed by atoms with van der Waals surface area (Å²) in [6.45, 7) is 3.13. The molecule has 0 spiro atoms. The summed E-state index contributed by atoms with van der Waals surface area (Å²) in [5, 5.41) is 0. The molecule has 1 aliphatic heterocycles. The van der Waals surface area contributed by atoms with E-state index in [-0.39, 0.29) is 0 Å². The van der Waals surface area contributed by atoms with E-state index in [9.17, 15) is 0 Å². The van der Waals surface area contributed by atoms with Gasteiger partial charge < -0.3 is 15.4 Å². The molecular formula is C14H16N4O. The fraction of sp³-hybridized carbons (Fsp3) is 0.286. The SMILES string of the molecule is Nc1nc(-c2ccccc2)cc(N2CCOCC2)n1. The minimum absolute atomic E-state index is 0.308. The number of nitrogen functional groups attached to an aromatic ring is 1. The minimum Gasteiger partial charge on any atom is -0.378 e. The van der Waals surface area contributed by atoms with Gasteiger partial charge in [0.1, 0.15) is 5.82 Å². The molecule has 0 bridgehead atoms. The highest BCUT2D eigenvalue weighted by Crippen LogP contribution is 2.22. The number of hydrogen-bond acceptors (Lipinski definition) is 5. The number of ether oxygens (including phenoxy) is 1. The fourth-order valence-electron chi connectivity index (χ4n) is 2.16. The van der Waals surface area contributed by atoms with E-state index in [4.69, 9.17) is 10.5 Å². The first kappa shape index (κ1) is 11.9. The molecule has 0 atom stereocenters. The molecule has 0 aliphatic carbocycles. The quantitative estimate of drug-likeness (QED) is 0.883. The van der Waals surface area contributed by atoms with Crippen LogP contribution in [0.4, 0.5) is 11.8 Å². The lowest BCUT2D eigenvalue weighted by Crippen LogP contribution is -2.36. The molecule has 0 saturated carbocycles. The molecule has 1 saturated heterocycles. The van der Waals surface area contributed by atoms with Gasteiger partial charge in [0, 0.05) is 24.7 Å². The van der Waals surface area contributed by atoms with Crippen LogP contribution in [0, 0.1) is 0 Å². The number of aromatic nitrogens is 2. The molecule has 3 rings (SSSR count). The first-order valence-corrected chi connectivity index (χ1v) is 6.35. The lowest BCUT2D eigenvalue weighted by molar-refractivity contribution is 0.122. The first-order chi connectivity index (χ1) is 9.33. The van der Waals surface area contributed by atoms with Gasteiger partial charge in [0.15, 0.2) is 0 Å². The van der Waals surface area contributed by atoms with Crippen molar-refractivity contribution in [2.75, 3.05) is 36.9 Å². The van der Waals surface area contributed by atoms with Crippen LogP contribution in [0.25, 0.3) is 11.3 Å². The van der Waals surface area contributed by atoms with Gasteiger partial charge in [-0.1, -0.05) is 30.3 Å². The van der Waals surface area contributed by atoms with E-state index in [1.165, 1.54) is 0 Å². The van der Waals surface area contributed by atoms with Crippen LogP contribution < -0.4 is 10.6 Å². The molecule has 1 aliphatic rings. The Morgan fingerprint density at radius 3 is 2.53 bits per heavy atom. The largest absolute Gasteiger partial charge is 0.378 e. The molecular weight excluding hydrogens is 240 g/mol. The van der Waals surface area contributed by atoms with Crippen molar-refractivity contribution in [3.63, 3.8) is 0 Å². The molecule has 2 aromatic rings. The fourth-order valence-corrected chi connectivity index (χ4v) is 2.16. The maximum atomic E-state index is 5.82. The Bertz CT molecular complexity index is 553. The van der Waals surface area contributed by atoms with Gasteiger partial charge in [-0.05, 0) is 0 Å². The van der Waals surface area contributed by atoms with E-state index in [0.717, 1.165) is 43.4 Å². The summed E-state index contributed by atoms with van der Waals surface area (Å²) in [6.07, 6.45) is 0. The van der Waals surface area contributed by atoms with Gasteiger partial charge in [0.05, 0.1) is 18.9 Å². The van der Waals surface area contributed by atoms with Crippen LogP contribution in [0.2, 0.25) is 0 Å². The summed E-state index contributed by atoms with van der Waals surface area (Å²) in [5.41, 5.74) is 7.73. The van der Waals surface area contributed by atoms with Gasteiger partial charge in [-0.15, -0.1) is 0 Å². The Labute approximate surface area is 112 Å². The Hall–Kier alpha value is -2.14. The van der Waals surface area contributed by atoms with E-state index in [1.54, 1.807) is 0 Å². The summed E-state index contributed by atoms with van der Waals surface area (Å²) in [6, 6.07) is 12.0. The molecule has 2 heterocycles. The normalized spacial score (nSPS) is 15.5. The standard InChI is InChI=1S/C14H16N4O/c15-14-16-12(11-4-2-1-3-5-11)10-13(17-14)18-6-8-19-9-7-18/h1-5,10H,6-9H2,(H2,15,16,17). The zero-order valence-electron chi connectivity index (χ0n) is 10.6. The van der Waals surface area contributed by atoms with Crippen LogP contribution in [0.15, 0.2) is 36.4 Å². The number of rotatable bonds is 2. The molecule has 19 heavy (non-hydrogen) atoms. The minimum atomic E-state index is 0.308. The second-order valence-corrected chi connectivity index (χ2v) is 4.44. The maximum absolute atomic E-state index is 5.82. The van der Waals surface area contributed by atoms with E-state index < -0.39 is 0 Å². The van der Waals surface area contributed by atoms with Gasteiger partial charge >= 0.3 is 0 Å². The Morgan fingerprint density at radius 1 is 1.05 bits per heavy atom. The van der Waals surface area contributed by atoms with E-state index in [1.807, 2.05) is 36.4 Å². The van der Waals surface area contributed by atoms with Gasteiger partial charge in [-0.2, -0.15) is 4.98 Å². The predicted octanol–water partition coefficient (Wildman–Crippen LogP) is 1.56. The number of anilines is 2. The highest BCUT2D eigenvalue weighted by atomic mass is 16.5. The summed E-state index contributed by atoms with van der Waals surface area (Å²) >= 11 is 0. The molecule has 98 valence electrons. The smallest absolute Gasteiger partial charge is 0.222 e. The van der Waals surface area contributed by atoms with Crippen molar-refractivity contribution in [3.8, 4) is 11.3 Å². The topological polar surface area (TPSA) is 64.3 Å².